The zero-order valence-electron chi connectivity index (χ0n) is 12.8. The smallest absolute Gasteiger partial charge is 0.279 e. The molecular formula is C16H12ClIN2O4S. The molecule has 0 amide bonds. The molecule has 1 aromatic heterocycles. The van der Waals surface area contributed by atoms with Crippen LogP contribution in [0.2, 0.25) is 5.02 Å². The summed E-state index contributed by atoms with van der Waals surface area (Å²) in [6.45, 7) is 0. The number of nitrogens with one attached hydrogen (secondary N) is 1. The third-order valence-electron chi connectivity index (χ3n) is 3.45. The van der Waals surface area contributed by atoms with Crippen molar-refractivity contribution in [2.45, 2.75) is 5.03 Å². The van der Waals surface area contributed by atoms with Crippen molar-refractivity contribution in [1.29, 1.82) is 0 Å². The minimum atomic E-state index is -3.93. The van der Waals surface area contributed by atoms with Crippen LogP contribution in [0.15, 0.2) is 47.5 Å². The lowest BCUT2D eigenvalue weighted by Crippen LogP contribution is -2.14. The molecule has 0 saturated carbocycles. The van der Waals surface area contributed by atoms with Crippen LogP contribution in [0.3, 0.4) is 0 Å². The fourth-order valence-corrected chi connectivity index (χ4v) is 4.22. The zero-order chi connectivity index (χ0) is 18.2. The van der Waals surface area contributed by atoms with Crippen molar-refractivity contribution in [3.05, 3.63) is 51.1 Å². The number of sulfonamides is 1. The number of phenolic OH excluding ortho intramolecular Hbond substituents is 1. The lowest BCUT2D eigenvalue weighted by molar-refractivity contribution is 0.415. The molecule has 3 rings (SSSR count). The minimum Gasteiger partial charge on any atom is -0.505 e. The van der Waals surface area contributed by atoms with Gasteiger partial charge in [0.05, 0.1) is 15.7 Å². The van der Waals surface area contributed by atoms with Gasteiger partial charge in [0.2, 0.25) is 0 Å². The van der Waals surface area contributed by atoms with Crippen LogP contribution in [-0.4, -0.2) is 25.6 Å². The van der Waals surface area contributed by atoms with Crippen molar-refractivity contribution in [1.82, 2.24) is 4.98 Å². The molecule has 0 unspecified atom stereocenters. The second-order valence-corrected chi connectivity index (χ2v) is 8.27. The molecular weight excluding hydrogens is 479 g/mol. The van der Waals surface area contributed by atoms with Crippen LogP contribution < -0.4 is 9.46 Å². The van der Waals surface area contributed by atoms with E-state index in [2.05, 4.69) is 9.71 Å². The zero-order valence-corrected chi connectivity index (χ0v) is 16.6. The molecule has 2 N–H and O–H groups in total. The Morgan fingerprint density at radius 2 is 1.88 bits per heavy atom. The van der Waals surface area contributed by atoms with Gasteiger partial charge in [-0.15, -0.1) is 0 Å². The van der Waals surface area contributed by atoms with Gasteiger partial charge in [0.1, 0.15) is 11.3 Å². The first kappa shape index (κ1) is 18.0. The first-order chi connectivity index (χ1) is 11.8. The van der Waals surface area contributed by atoms with Gasteiger partial charge in [-0.2, -0.15) is 8.42 Å². The highest BCUT2D eigenvalue weighted by Gasteiger charge is 2.19. The molecule has 25 heavy (non-hydrogen) atoms. The van der Waals surface area contributed by atoms with Crippen LogP contribution in [0.1, 0.15) is 0 Å². The van der Waals surface area contributed by atoms with Crippen LogP contribution in [0.5, 0.6) is 11.5 Å². The Kier molecular flexibility index (Phi) is 4.94. The van der Waals surface area contributed by atoms with Crippen molar-refractivity contribution in [3.8, 4) is 11.5 Å². The number of rotatable bonds is 4. The van der Waals surface area contributed by atoms with Gasteiger partial charge in [0, 0.05) is 11.1 Å². The molecule has 0 bridgehead atoms. The molecule has 6 nitrogen and oxygen atoms in total. The summed E-state index contributed by atoms with van der Waals surface area (Å²) in [7, 11) is -2.40. The number of hydrogen-bond donors (Lipinski definition) is 2. The summed E-state index contributed by atoms with van der Waals surface area (Å²) in [5.74, 6) is 0.502. The maximum absolute atomic E-state index is 12.6. The Hall–Kier alpha value is -1.78. The molecule has 0 saturated heterocycles. The van der Waals surface area contributed by atoms with Crippen molar-refractivity contribution in [3.63, 3.8) is 0 Å². The van der Waals surface area contributed by atoms with E-state index in [0.717, 1.165) is 0 Å². The highest BCUT2D eigenvalue weighted by molar-refractivity contribution is 14.1. The van der Waals surface area contributed by atoms with Crippen LogP contribution in [0.4, 0.5) is 5.69 Å². The third kappa shape index (κ3) is 3.60. The predicted molar refractivity (Wildman–Crippen MR) is 105 cm³/mol. The van der Waals surface area contributed by atoms with Gasteiger partial charge in [-0.25, -0.2) is 4.98 Å². The van der Waals surface area contributed by atoms with Crippen molar-refractivity contribution < 1.29 is 18.3 Å². The van der Waals surface area contributed by atoms with Gasteiger partial charge in [-0.3, -0.25) is 4.72 Å². The van der Waals surface area contributed by atoms with E-state index < -0.39 is 10.0 Å². The number of phenols is 1. The molecule has 0 aliphatic heterocycles. The van der Waals surface area contributed by atoms with Gasteiger partial charge in [-0.1, -0.05) is 11.6 Å². The Morgan fingerprint density at radius 3 is 2.52 bits per heavy atom. The summed E-state index contributed by atoms with van der Waals surface area (Å²) in [6.07, 6.45) is 0. The average Bonchev–Trinajstić information content (AvgIpc) is 2.59. The Balaban J connectivity index is 2.03. The van der Waals surface area contributed by atoms with Crippen LogP contribution >= 0.6 is 34.2 Å². The fraction of sp³-hybridized carbons (Fsp3) is 0.0625. The van der Waals surface area contributed by atoms with Gasteiger partial charge < -0.3 is 9.84 Å². The number of nitrogens with zero attached hydrogens (tertiary/aromatic N) is 1. The number of aromatic nitrogens is 1. The van der Waals surface area contributed by atoms with Gasteiger partial charge in [-0.05, 0) is 65.1 Å². The summed E-state index contributed by atoms with van der Waals surface area (Å²) in [4.78, 5) is 4.08. The number of fused-ring (bicyclic) bond motifs is 1. The van der Waals surface area contributed by atoms with E-state index in [-0.39, 0.29) is 16.3 Å². The molecule has 0 aliphatic rings. The number of hydrogen-bond acceptors (Lipinski definition) is 5. The molecule has 3 aromatic rings. The normalized spacial score (nSPS) is 11.5. The number of ether oxygens (including phenoxy) is 1. The molecule has 0 spiro atoms. The van der Waals surface area contributed by atoms with Crippen LogP contribution in [0, 0.1) is 3.57 Å². The Labute approximate surface area is 163 Å². The standard InChI is InChI=1S/C16H12ClIN2O4S/c1-24-10-4-2-9(3-5-10)20-25(22,23)14-7-6-11-12(17)8-13(18)16(21)15(11)19-14/h2-8,20-21H,1H3. The monoisotopic (exact) mass is 490 g/mol. The highest BCUT2D eigenvalue weighted by atomic mass is 127. The lowest BCUT2D eigenvalue weighted by atomic mass is 10.2. The Morgan fingerprint density at radius 1 is 1.20 bits per heavy atom. The molecule has 9 heteroatoms. The summed E-state index contributed by atoms with van der Waals surface area (Å²) in [6, 6.07) is 10.9. The van der Waals surface area contributed by atoms with Crippen LogP contribution in [0.25, 0.3) is 10.9 Å². The number of anilines is 1. The molecule has 0 radical (unpaired) electrons. The second kappa shape index (κ2) is 6.85. The number of pyridine rings is 1. The SMILES string of the molecule is COc1ccc(NS(=O)(=O)c2ccc3c(Cl)cc(I)c(O)c3n2)cc1. The number of halogens is 2. The topological polar surface area (TPSA) is 88.5 Å². The van der Waals surface area contributed by atoms with Gasteiger partial charge in [0.25, 0.3) is 10.0 Å². The molecule has 0 fully saturated rings. The lowest BCUT2D eigenvalue weighted by Gasteiger charge is -2.10. The fourth-order valence-electron chi connectivity index (χ4n) is 2.20. The minimum absolute atomic E-state index is 0.110. The maximum Gasteiger partial charge on any atom is 0.279 e. The molecule has 0 atom stereocenters. The van der Waals surface area contributed by atoms with Crippen molar-refractivity contribution in [2.24, 2.45) is 0 Å². The van der Waals surface area contributed by atoms with Gasteiger partial charge in [0.15, 0.2) is 10.8 Å². The van der Waals surface area contributed by atoms with E-state index in [1.165, 1.54) is 19.2 Å². The second-order valence-electron chi connectivity index (χ2n) is 5.07. The Bertz CT molecular complexity index is 1060. The molecule has 0 aliphatic carbocycles. The first-order valence-electron chi connectivity index (χ1n) is 6.96. The summed E-state index contributed by atoms with van der Waals surface area (Å²) in [5, 5.41) is 10.8. The maximum atomic E-state index is 12.6. The summed E-state index contributed by atoms with van der Waals surface area (Å²) < 4.78 is 33.1. The highest BCUT2D eigenvalue weighted by Crippen LogP contribution is 2.34. The molecule has 1 heterocycles. The first-order valence-corrected chi connectivity index (χ1v) is 9.90. The predicted octanol–water partition coefficient (Wildman–Crippen LogP) is 4.01. The quantitative estimate of drug-likeness (QED) is 0.540. The average molecular weight is 491 g/mol. The van der Waals surface area contributed by atoms with Crippen molar-refractivity contribution in [2.75, 3.05) is 11.8 Å². The van der Waals surface area contributed by atoms with Crippen LogP contribution in [-0.2, 0) is 10.0 Å². The van der Waals surface area contributed by atoms with Crippen molar-refractivity contribution >= 4 is 60.8 Å². The summed E-state index contributed by atoms with van der Waals surface area (Å²) >= 11 is 8.03. The molecule has 2 aromatic carbocycles. The third-order valence-corrected chi connectivity index (χ3v) is 5.87. The molecule has 130 valence electrons. The largest absolute Gasteiger partial charge is 0.505 e. The summed E-state index contributed by atoms with van der Waals surface area (Å²) in [5.41, 5.74) is 0.502. The van der Waals surface area contributed by atoms with E-state index in [1.807, 2.05) is 22.6 Å². The van der Waals surface area contributed by atoms with Gasteiger partial charge >= 0.3 is 0 Å². The van der Waals surface area contributed by atoms with E-state index in [0.29, 0.717) is 25.4 Å². The van der Waals surface area contributed by atoms with E-state index >= 15 is 0 Å². The number of methoxy groups -OCH3 is 1. The number of aromatic hydroxyl groups is 1. The van der Waals surface area contributed by atoms with E-state index in [1.54, 1.807) is 30.3 Å². The van der Waals surface area contributed by atoms with E-state index in [9.17, 15) is 13.5 Å². The number of benzene rings is 2. The van der Waals surface area contributed by atoms with E-state index in [4.69, 9.17) is 16.3 Å².